The number of carbonyl (C=O) groups is 2. The first-order valence-corrected chi connectivity index (χ1v) is 10.2. The van der Waals surface area contributed by atoms with Crippen LogP contribution >= 0.6 is 23.2 Å². The molecule has 3 atom stereocenters. The summed E-state index contributed by atoms with van der Waals surface area (Å²) in [6.45, 7) is 3.74. The van der Waals surface area contributed by atoms with E-state index < -0.39 is 22.4 Å². The predicted octanol–water partition coefficient (Wildman–Crippen LogP) is 3.15. The number of rotatable bonds is 4. The average Bonchev–Trinajstić information content (AvgIpc) is 3.25. The summed E-state index contributed by atoms with van der Waals surface area (Å²) in [4.78, 5) is 27.8. The molecule has 2 saturated heterocycles. The van der Waals surface area contributed by atoms with Gasteiger partial charge in [0.05, 0.1) is 17.3 Å². The Hall–Kier alpha value is -1.82. The van der Waals surface area contributed by atoms with Crippen molar-refractivity contribution in [3.8, 4) is 0 Å². The Morgan fingerprint density at radius 1 is 1.29 bits per heavy atom. The number of aliphatic hydroxyl groups is 1. The third kappa shape index (κ3) is 2.97. The zero-order chi connectivity index (χ0) is 20.1. The molecule has 148 valence electrons. The molecule has 2 N–H and O–H groups in total. The van der Waals surface area contributed by atoms with Gasteiger partial charge in [0.1, 0.15) is 0 Å². The van der Waals surface area contributed by atoms with Crippen molar-refractivity contribution >= 4 is 40.6 Å². The third-order valence-electron chi connectivity index (χ3n) is 5.96. The fourth-order valence-electron chi connectivity index (χ4n) is 4.38. The van der Waals surface area contributed by atoms with Crippen LogP contribution in [0, 0.1) is 0 Å². The van der Waals surface area contributed by atoms with Gasteiger partial charge in [-0.3, -0.25) is 9.59 Å². The molecule has 0 bridgehead atoms. The lowest BCUT2D eigenvalue weighted by Gasteiger charge is -2.35. The highest BCUT2D eigenvalue weighted by atomic mass is 35.5. The summed E-state index contributed by atoms with van der Waals surface area (Å²) in [5.74, 6) is -0.980. The average molecular weight is 421 g/mol. The van der Waals surface area contributed by atoms with Crippen molar-refractivity contribution < 1.29 is 14.7 Å². The van der Waals surface area contributed by atoms with E-state index in [0.29, 0.717) is 5.56 Å². The van der Waals surface area contributed by atoms with E-state index in [2.05, 4.69) is 10.2 Å². The molecule has 4 rings (SSSR count). The number of nitrogens with one attached hydrogen (secondary N) is 1. The summed E-state index contributed by atoms with van der Waals surface area (Å²) in [7, 11) is 0. The maximum atomic E-state index is 12.9. The summed E-state index contributed by atoms with van der Waals surface area (Å²) in [6, 6.07) is 7.30. The van der Waals surface area contributed by atoms with E-state index in [1.165, 1.54) is 12.8 Å². The van der Waals surface area contributed by atoms with Crippen LogP contribution in [0.25, 0.3) is 0 Å². The van der Waals surface area contributed by atoms with E-state index in [9.17, 15) is 14.7 Å². The van der Waals surface area contributed by atoms with E-state index in [4.69, 9.17) is 23.2 Å². The Morgan fingerprint density at radius 3 is 2.57 bits per heavy atom. The smallest absolute Gasteiger partial charge is 0.257 e. The van der Waals surface area contributed by atoms with E-state index in [1.807, 2.05) is 12.1 Å². The molecule has 28 heavy (non-hydrogen) atoms. The number of Topliss-reactive ketones (excluding diaryl/α,β-unsaturated/α-hetero) is 1. The second-order valence-corrected chi connectivity index (χ2v) is 8.72. The molecule has 1 aliphatic carbocycles. The molecular formula is C21H22Cl2N2O3. The molecule has 1 aromatic carbocycles. The maximum absolute atomic E-state index is 12.9. The van der Waals surface area contributed by atoms with Gasteiger partial charge in [0.15, 0.2) is 11.4 Å². The van der Waals surface area contributed by atoms with Crippen molar-refractivity contribution in [1.82, 2.24) is 5.32 Å². The monoisotopic (exact) mass is 420 g/mol. The van der Waals surface area contributed by atoms with Crippen molar-refractivity contribution in [2.45, 2.75) is 42.7 Å². The van der Waals surface area contributed by atoms with Crippen molar-refractivity contribution in [3.05, 3.63) is 52.6 Å². The first kappa shape index (κ1) is 19.5. The molecule has 1 aromatic rings. The highest BCUT2D eigenvalue weighted by Crippen LogP contribution is 2.46. The highest BCUT2D eigenvalue weighted by molar-refractivity contribution is 6.33. The van der Waals surface area contributed by atoms with Crippen LogP contribution in [0.3, 0.4) is 0 Å². The zero-order valence-corrected chi connectivity index (χ0v) is 17.1. The maximum Gasteiger partial charge on any atom is 0.257 e. The molecule has 0 radical (unpaired) electrons. The van der Waals surface area contributed by atoms with Crippen molar-refractivity contribution in [1.29, 1.82) is 0 Å². The molecule has 3 aliphatic rings. The number of anilines is 1. The Balaban J connectivity index is 1.60. The normalized spacial score (nSPS) is 31.9. The second-order valence-electron chi connectivity index (χ2n) is 7.84. The first-order valence-electron chi connectivity index (χ1n) is 9.42. The number of ketones is 1. The fourth-order valence-corrected chi connectivity index (χ4v) is 5.04. The lowest BCUT2D eigenvalue weighted by molar-refractivity contribution is -0.132. The van der Waals surface area contributed by atoms with E-state index >= 15 is 0 Å². The van der Waals surface area contributed by atoms with E-state index in [-0.39, 0.29) is 22.8 Å². The van der Waals surface area contributed by atoms with Crippen LogP contribution in [0.2, 0.25) is 0 Å². The SMILES string of the molecule is CC12NC(=O)C(O)(CC(=O)c3ccc(N4CCCC4)cc3)C1=C(Cl)C=CC2Cl. The number of fused-ring (bicyclic) bond motifs is 1. The van der Waals surface area contributed by atoms with Gasteiger partial charge in [-0.15, -0.1) is 11.6 Å². The Bertz CT molecular complexity index is 889. The van der Waals surface area contributed by atoms with Crippen LogP contribution < -0.4 is 10.2 Å². The summed E-state index contributed by atoms with van der Waals surface area (Å²) in [5.41, 5.74) is -1.26. The van der Waals surface area contributed by atoms with Crippen LogP contribution in [-0.2, 0) is 4.79 Å². The number of halogens is 2. The minimum Gasteiger partial charge on any atom is -0.375 e. The molecule has 0 saturated carbocycles. The van der Waals surface area contributed by atoms with Crippen molar-refractivity contribution in [2.75, 3.05) is 18.0 Å². The van der Waals surface area contributed by atoms with Gasteiger partial charge in [-0.1, -0.05) is 17.7 Å². The van der Waals surface area contributed by atoms with Gasteiger partial charge in [-0.2, -0.15) is 0 Å². The number of allylic oxidation sites excluding steroid dienone is 2. The summed E-state index contributed by atoms with van der Waals surface area (Å²) < 4.78 is 0. The summed E-state index contributed by atoms with van der Waals surface area (Å²) in [5, 5.41) is 13.6. The fraction of sp³-hybridized carbons (Fsp3) is 0.429. The minimum absolute atomic E-state index is 0.234. The molecule has 0 aromatic heterocycles. The van der Waals surface area contributed by atoms with Crippen molar-refractivity contribution in [3.63, 3.8) is 0 Å². The van der Waals surface area contributed by atoms with Crippen LogP contribution in [0.4, 0.5) is 5.69 Å². The largest absolute Gasteiger partial charge is 0.375 e. The third-order valence-corrected chi connectivity index (χ3v) is 6.86. The highest BCUT2D eigenvalue weighted by Gasteiger charge is 2.60. The molecule has 5 nitrogen and oxygen atoms in total. The molecule has 3 unspecified atom stereocenters. The van der Waals surface area contributed by atoms with Crippen molar-refractivity contribution in [2.24, 2.45) is 0 Å². The number of benzene rings is 1. The molecule has 7 heteroatoms. The quantitative estimate of drug-likeness (QED) is 0.579. The summed E-state index contributed by atoms with van der Waals surface area (Å²) >= 11 is 12.7. The zero-order valence-electron chi connectivity index (χ0n) is 15.5. The van der Waals surface area contributed by atoms with Gasteiger partial charge in [0.2, 0.25) is 0 Å². The van der Waals surface area contributed by atoms with Gasteiger partial charge >= 0.3 is 0 Å². The lowest BCUT2D eigenvalue weighted by Crippen LogP contribution is -2.48. The number of alkyl halides is 1. The second kappa shape index (κ2) is 6.90. The Kier molecular flexibility index (Phi) is 4.81. The van der Waals surface area contributed by atoms with Crippen LogP contribution in [0.1, 0.15) is 36.5 Å². The van der Waals surface area contributed by atoms with Gasteiger partial charge in [0.25, 0.3) is 5.91 Å². The first-order chi connectivity index (χ1) is 13.3. The van der Waals surface area contributed by atoms with Gasteiger partial charge in [-0.25, -0.2) is 0 Å². The number of hydrogen-bond acceptors (Lipinski definition) is 4. The molecule has 0 spiro atoms. The van der Waals surface area contributed by atoms with Gasteiger partial charge < -0.3 is 15.3 Å². The topological polar surface area (TPSA) is 69.6 Å². The number of carbonyl (C=O) groups excluding carboxylic acids is 2. The Morgan fingerprint density at radius 2 is 1.93 bits per heavy atom. The Labute approximate surface area is 174 Å². The van der Waals surface area contributed by atoms with Crippen LogP contribution in [0.15, 0.2) is 47.0 Å². The molecule has 1 amide bonds. The number of nitrogens with zero attached hydrogens (tertiary/aromatic N) is 1. The van der Waals surface area contributed by atoms with Gasteiger partial charge in [-0.05, 0) is 50.1 Å². The van der Waals surface area contributed by atoms with Gasteiger partial charge in [0, 0.05) is 34.9 Å². The standard InChI is InChI=1S/C21H22Cl2N2O3/c1-20-17(23)9-8-15(22)18(20)21(28,19(27)24-20)12-16(26)13-4-6-14(7-5-13)25-10-2-3-11-25/h4-9,17,28H,2-3,10-12H2,1H3,(H,24,27). The summed E-state index contributed by atoms with van der Waals surface area (Å²) in [6.07, 6.45) is 5.19. The van der Waals surface area contributed by atoms with E-state index in [0.717, 1.165) is 18.8 Å². The number of amides is 1. The minimum atomic E-state index is -2.02. The molecule has 2 heterocycles. The molecule has 2 fully saturated rings. The molecular weight excluding hydrogens is 399 g/mol. The van der Waals surface area contributed by atoms with Crippen LogP contribution in [-0.4, -0.2) is 46.4 Å². The number of hydrogen-bond donors (Lipinski definition) is 2. The predicted molar refractivity (Wildman–Crippen MR) is 110 cm³/mol. The molecule has 2 aliphatic heterocycles. The lowest BCUT2D eigenvalue weighted by atomic mass is 9.77. The van der Waals surface area contributed by atoms with Crippen LogP contribution in [0.5, 0.6) is 0 Å². The van der Waals surface area contributed by atoms with E-state index in [1.54, 1.807) is 31.2 Å².